The third-order valence-corrected chi connectivity index (χ3v) is 6.89. The highest BCUT2D eigenvalue weighted by Gasteiger charge is 2.29. The molecule has 1 amide bonds. The second kappa shape index (κ2) is 8.92. The van der Waals surface area contributed by atoms with Gasteiger partial charge in [0.1, 0.15) is 11.6 Å². The van der Waals surface area contributed by atoms with Gasteiger partial charge in [-0.1, -0.05) is 19.1 Å². The third kappa shape index (κ3) is 4.76. The van der Waals surface area contributed by atoms with Crippen LogP contribution in [0.15, 0.2) is 47.4 Å². The summed E-state index contributed by atoms with van der Waals surface area (Å²) >= 11 is 0. The highest BCUT2D eigenvalue weighted by atomic mass is 32.2. The van der Waals surface area contributed by atoms with Crippen LogP contribution in [0.25, 0.3) is 0 Å². The van der Waals surface area contributed by atoms with Gasteiger partial charge >= 0.3 is 0 Å². The SMILES string of the molecule is CCOc1ccccc1NC(=O)c1cc(S(=O)(=O)N2CCC(C)CC2)ccc1F. The predicted molar refractivity (Wildman–Crippen MR) is 109 cm³/mol. The van der Waals surface area contributed by atoms with E-state index in [2.05, 4.69) is 12.2 Å². The van der Waals surface area contributed by atoms with Crippen LogP contribution in [0, 0.1) is 11.7 Å². The zero-order valence-corrected chi connectivity index (χ0v) is 17.3. The zero-order chi connectivity index (χ0) is 21.0. The number of halogens is 1. The fourth-order valence-electron chi connectivity index (χ4n) is 3.25. The van der Waals surface area contributed by atoms with Crippen molar-refractivity contribution < 1.29 is 22.3 Å². The van der Waals surface area contributed by atoms with Crippen LogP contribution < -0.4 is 10.1 Å². The largest absolute Gasteiger partial charge is 0.492 e. The third-order valence-electron chi connectivity index (χ3n) is 5.00. The number of sulfonamides is 1. The molecule has 3 rings (SSSR count). The Kier molecular flexibility index (Phi) is 6.54. The normalized spacial score (nSPS) is 15.8. The van der Waals surface area contributed by atoms with Crippen molar-refractivity contribution >= 4 is 21.6 Å². The number of hydrogen-bond acceptors (Lipinski definition) is 4. The average Bonchev–Trinajstić information content (AvgIpc) is 2.70. The molecule has 156 valence electrons. The topological polar surface area (TPSA) is 75.7 Å². The molecule has 8 heteroatoms. The van der Waals surface area contributed by atoms with Crippen LogP contribution >= 0.6 is 0 Å². The molecule has 0 atom stereocenters. The van der Waals surface area contributed by atoms with Crippen LogP contribution in [0.4, 0.5) is 10.1 Å². The van der Waals surface area contributed by atoms with Gasteiger partial charge in [0.25, 0.3) is 5.91 Å². The molecule has 0 radical (unpaired) electrons. The van der Waals surface area contributed by atoms with Crippen molar-refractivity contribution in [2.24, 2.45) is 5.92 Å². The maximum atomic E-state index is 14.4. The summed E-state index contributed by atoms with van der Waals surface area (Å²) in [6, 6.07) is 10.1. The number of nitrogens with zero attached hydrogens (tertiary/aromatic N) is 1. The summed E-state index contributed by atoms with van der Waals surface area (Å²) in [5, 5.41) is 2.60. The van der Waals surface area contributed by atoms with Crippen LogP contribution in [0.1, 0.15) is 37.0 Å². The smallest absolute Gasteiger partial charge is 0.258 e. The Morgan fingerprint density at radius 1 is 1.21 bits per heavy atom. The van der Waals surface area contributed by atoms with Gasteiger partial charge in [-0.05, 0) is 56.0 Å². The number of hydrogen-bond donors (Lipinski definition) is 1. The van der Waals surface area contributed by atoms with Crippen molar-refractivity contribution in [3.05, 3.63) is 53.8 Å². The lowest BCUT2D eigenvalue weighted by atomic mass is 10.0. The van der Waals surface area contributed by atoms with Crippen molar-refractivity contribution in [2.45, 2.75) is 31.6 Å². The summed E-state index contributed by atoms with van der Waals surface area (Å²) in [4.78, 5) is 12.6. The molecule has 1 N–H and O–H groups in total. The summed E-state index contributed by atoms with van der Waals surface area (Å²) < 4.78 is 47.1. The van der Waals surface area contributed by atoms with Crippen molar-refractivity contribution in [3.63, 3.8) is 0 Å². The maximum absolute atomic E-state index is 14.4. The van der Waals surface area contributed by atoms with Gasteiger partial charge in [-0.15, -0.1) is 0 Å². The lowest BCUT2D eigenvalue weighted by Gasteiger charge is -2.29. The van der Waals surface area contributed by atoms with Crippen molar-refractivity contribution in [2.75, 3.05) is 25.0 Å². The number of anilines is 1. The number of carbonyl (C=O) groups is 1. The van der Waals surface area contributed by atoms with Crippen LogP contribution in [-0.2, 0) is 10.0 Å². The minimum Gasteiger partial charge on any atom is -0.492 e. The van der Waals surface area contributed by atoms with E-state index in [0.29, 0.717) is 37.1 Å². The van der Waals surface area contributed by atoms with Crippen molar-refractivity contribution in [1.82, 2.24) is 4.31 Å². The molecule has 1 heterocycles. The monoisotopic (exact) mass is 420 g/mol. The van der Waals surface area contributed by atoms with Gasteiger partial charge in [-0.25, -0.2) is 12.8 Å². The number of para-hydroxylation sites is 2. The van der Waals surface area contributed by atoms with Gasteiger partial charge in [0, 0.05) is 13.1 Å². The molecular weight excluding hydrogens is 395 g/mol. The minimum absolute atomic E-state index is 0.0864. The fraction of sp³-hybridized carbons (Fsp3) is 0.381. The lowest BCUT2D eigenvalue weighted by molar-refractivity contribution is 0.102. The van der Waals surface area contributed by atoms with Gasteiger partial charge < -0.3 is 10.1 Å². The molecule has 2 aromatic rings. The average molecular weight is 421 g/mol. The van der Waals surface area contributed by atoms with E-state index in [9.17, 15) is 17.6 Å². The molecule has 1 aliphatic heterocycles. The molecule has 2 aromatic carbocycles. The van der Waals surface area contributed by atoms with Crippen LogP contribution in [0.2, 0.25) is 0 Å². The van der Waals surface area contributed by atoms with E-state index in [4.69, 9.17) is 4.74 Å². The number of nitrogens with one attached hydrogen (secondary N) is 1. The van der Waals surface area contributed by atoms with E-state index in [1.807, 2.05) is 6.92 Å². The molecular formula is C21H25FN2O4S. The van der Waals surface area contributed by atoms with Crippen molar-refractivity contribution in [3.8, 4) is 5.75 Å². The first-order chi connectivity index (χ1) is 13.8. The highest BCUT2D eigenvalue weighted by molar-refractivity contribution is 7.89. The van der Waals surface area contributed by atoms with Gasteiger partial charge in [0.2, 0.25) is 10.0 Å². The van der Waals surface area contributed by atoms with Crippen molar-refractivity contribution in [1.29, 1.82) is 0 Å². The molecule has 29 heavy (non-hydrogen) atoms. The Labute approximate surface area is 170 Å². The standard InChI is InChI=1S/C21H25FN2O4S/c1-3-28-20-7-5-4-6-19(20)23-21(25)17-14-16(8-9-18(17)22)29(26,27)24-12-10-15(2)11-13-24/h4-9,14-15H,3,10-13H2,1-2H3,(H,23,25). The molecule has 1 fully saturated rings. The Hall–Kier alpha value is -2.45. The first kappa shape index (κ1) is 21.3. The summed E-state index contributed by atoms with van der Waals surface area (Å²) in [6.07, 6.45) is 1.56. The number of rotatable bonds is 6. The van der Waals surface area contributed by atoms with E-state index in [0.717, 1.165) is 25.0 Å². The quantitative estimate of drug-likeness (QED) is 0.769. The van der Waals surface area contributed by atoms with Gasteiger partial charge in [-0.2, -0.15) is 4.31 Å². The van der Waals surface area contributed by atoms with E-state index >= 15 is 0 Å². The van der Waals surface area contributed by atoms with Gasteiger partial charge in [0.15, 0.2) is 0 Å². The molecule has 0 aromatic heterocycles. The number of carbonyl (C=O) groups excluding carboxylic acids is 1. The van der Waals surface area contributed by atoms with Crippen LogP contribution in [0.3, 0.4) is 0 Å². The molecule has 1 aliphatic rings. The van der Waals surface area contributed by atoms with E-state index in [1.165, 1.54) is 10.4 Å². The Morgan fingerprint density at radius 2 is 1.90 bits per heavy atom. The van der Waals surface area contributed by atoms with Crippen LogP contribution in [0.5, 0.6) is 5.75 Å². The summed E-state index contributed by atoms with van der Waals surface area (Å²) in [5.41, 5.74) is 0.0554. The first-order valence-corrected chi connectivity index (χ1v) is 11.1. The first-order valence-electron chi connectivity index (χ1n) is 9.65. The number of piperidine rings is 1. The Balaban J connectivity index is 1.86. The molecule has 0 saturated carbocycles. The number of benzene rings is 2. The molecule has 0 bridgehead atoms. The molecule has 0 aliphatic carbocycles. The lowest BCUT2D eigenvalue weighted by Crippen LogP contribution is -2.38. The molecule has 1 saturated heterocycles. The number of ether oxygens (including phenoxy) is 1. The highest BCUT2D eigenvalue weighted by Crippen LogP contribution is 2.27. The molecule has 6 nitrogen and oxygen atoms in total. The number of amides is 1. The molecule has 0 unspecified atom stereocenters. The second-order valence-corrected chi connectivity index (χ2v) is 9.05. The van der Waals surface area contributed by atoms with Gasteiger partial charge in [0.05, 0.1) is 22.8 Å². The van der Waals surface area contributed by atoms with E-state index in [1.54, 1.807) is 24.3 Å². The van der Waals surface area contributed by atoms with E-state index < -0.39 is 21.7 Å². The molecule has 0 spiro atoms. The fourth-order valence-corrected chi connectivity index (χ4v) is 4.75. The predicted octanol–water partition coefficient (Wildman–Crippen LogP) is 3.90. The summed E-state index contributed by atoms with van der Waals surface area (Å²) in [5.74, 6) is -0.599. The van der Waals surface area contributed by atoms with E-state index in [-0.39, 0.29) is 10.5 Å². The summed E-state index contributed by atoms with van der Waals surface area (Å²) in [6.45, 7) is 5.15. The zero-order valence-electron chi connectivity index (χ0n) is 16.5. The Bertz CT molecular complexity index is 986. The van der Waals surface area contributed by atoms with Crippen LogP contribution in [-0.4, -0.2) is 38.3 Å². The van der Waals surface area contributed by atoms with Gasteiger partial charge in [-0.3, -0.25) is 4.79 Å². The minimum atomic E-state index is -3.79. The summed E-state index contributed by atoms with van der Waals surface area (Å²) in [7, 11) is -3.79. The second-order valence-electron chi connectivity index (χ2n) is 7.11. The Morgan fingerprint density at radius 3 is 2.59 bits per heavy atom. The maximum Gasteiger partial charge on any atom is 0.258 e.